The van der Waals surface area contributed by atoms with Gasteiger partial charge in [-0.3, -0.25) is 9.10 Å². The zero-order valence-corrected chi connectivity index (χ0v) is 16.6. The first-order valence-corrected chi connectivity index (χ1v) is 10.7. The van der Waals surface area contributed by atoms with Gasteiger partial charge >= 0.3 is 0 Å². The number of amides is 1. The van der Waals surface area contributed by atoms with Gasteiger partial charge in [0, 0.05) is 44.2 Å². The van der Waals surface area contributed by atoms with Crippen molar-refractivity contribution in [3.63, 3.8) is 0 Å². The number of anilines is 1. The summed E-state index contributed by atoms with van der Waals surface area (Å²) in [5, 5.41) is 0.469. The number of nitrogens with zero attached hydrogens (tertiary/aromatic N) is 3. The number of hydrogen-bond acceptors (Lipinski definition) is 4. The lowest BCUT2D eigenvalue weighted by Crippen LogP contribution is -2.49. The number of aryl methyl sites for hydroxylation is 1. The van der Waals surface area contributed by atoms with E-state index >= 15 is 0 Å². The van der Waals surface area contributed by atoms with Gasteiger partial charge < -0.3 is 9.80 Å². The van der Waals surface area contributed by atoms with E-state index in [1.54, 1.807) is 18.2 Å². The fourth-order valence-electron chi connectivity index (χ4n) is 2.98. The van der Waals surface area contributed by atoms with Crippen LogP contribution in [0.4, 0.5) is 5.69 Å². The summed E-state index contributed by atoms with van der Waals surface area (Å²) in [4.78, 5) is 16.6. The van der Waals surface area contributed by atoms with Gasteiger partial charge in [-0.1, -0.05) is 24.6 Å². The van der Waals surface area contributed by atoms with Gasteiger partial charge in [0.25, 0.3) is 0 Å². The summed E-state index contributed by atoms with van der Waals surface area (Å²) in [6.07, 6.45) is 1.31. The Kier molecular flexibility index (Phi) is 6.71. The van der Waals surface area contributed by atoms with E-state index in [4.69, 9.17) is 11.6 Å². The van der Waals surface area contributed by atoms with Gasteiger partial charge in [-0.15, -0.1) is 0 Å². The molecular weight excluding hydrogens is 362 g/mol. The average molecular weight is 388 g/mol. The lowest BCUT2D eigenvalue weighted by atomic mass is 10.2. The van der Waals surface area contributed by atoms with Crippen molar-refractivity contribution in [1.29, 1.82) is 0 Å². The van der Waals surface area contributed by atoms with E-state index in [2.05, 4.69) is 11.8 Å². The number of benzene rings is 1. The van der Waals surface area contributed by atoms with Crippen molar-refractivity contribution in [2.75, 3.05) is 49.8 Å². The van der Waals surface area contributed by atoms with Crippen LogP contribution < -0.4 is 4.31 Å². The van der Waals surface area contributed by atoms with Crippen molar-refractivity contribution >= 4 is 33.2 Å². The Bertz CT molecular complexity index is 716. The van der Waals surface area contributed by atoms with Gasteiger partial charge in [0.1, 0.15) is 0 Å². The molecule has 0 saturated carbocycles. The topological polar surface area (TPSA) is 60.9 Å². The third kappa shape index (κ3) is 5.33. The second kappa shape index (κ2) is 8.38. The molecule has 0 radical (unpaired) electrons. The lowest BCUT2D eigenvalue weighted by Gasteiger charge is -2.34. The fourth-order valence-corrected chi connectivity index (χ4v) is 4.13. The van der Waals surface area contributed by atoms with Crippen molar-refractivity contribution in [2.24, 2.45) is 0 Å². The van der Waals surface area contributed by atoms with Crippen LogP contribution >= 0.6 is 11.6 Å². The van der Waals surface area contributed by atoms with Crippen molar-refractivity contribution in [3.8, 4) is 0 Å². The van der Waals surface area contributed by atoms with E-state index < -0.39 is 10.0 Å². The van der Waals surface area contributed by atoms with Crippen LogP contribution in [0.5, 0.6) is 0 Å². The van der Waals surface area contributed by atoms with Gasteiger partial charge in [0.15, 0.2) is 0 Å². The maximum atomic E-state index is 12.5. The Morgan fingerprint density at radius 3 is 2.44 bits per heavy atom. The van der Waals surface area contributed by atoms with Crippen LogP contribution in [0.15, 0.2) is 18.2 Å². The molecule has 8 heteroatoms. The van der Waals surface area contributed by atoms with Crippen LogP contribution in [0, 0.1) is 6.92 Å². The highest BCUT2D eigenvalue weighted by molar-refractivity contribution is 7.92. The minimum Gasteiger partial charge on any atom is -0.340 e. The summed E-state index contributed by atoms with van der Waals surface area (Å²) < 4.78 is 25.7. The highest BCUT2D eigenvalue weighted by Gasteiger charge is 2.24. The molecule has 6 nitrogen and oxygen atoms in total. The largest absolute Gasteiger partial charge is 0.340 e. The van der Waals surface area contributed by atoms with Crippen LogP contribution in [-0.4, -0.2) is 69.6 Å². The normalized spacial score (nSPS) is 16.1. The van der Waals surface area contributed by atoms with E-state index in [0.29, 0.717) is 23.8 Å². The lowest BCUT2D eigenvalue weighted by molar-refractivity contribution is -0.132. The molecule has 1 saturated heterocycles. The third-order valence-electron chi connectivity index (χ3n) is 4.54. The van der Waals surface area contributed by atoms with Crippen molar-refractivity contribution in [1.82, 2.24) is 9.80 Å². The van der Waals surface area contributed by atoms with E-state index in [1.807, 2.05) is 11.8 Å². The maximum Gasteiger partial charge on any atom is 0.232 e. The van der Waals surface area contributed by atoms with E-state index in [1.165, 1.54) is 4.31 Å². The molecular formula is C17H26ClN3O3S. The number of rotatable bonds is 6. The fraction of sp³-hybridized carbons (Fsp3) is 0.588. The van der Waals surface area contributed by atoms with E-state index in [0.717, 1.165) is 31.5 Å². The summed E-state index contributed by atoms with van der Waals surface area (Å²) >= 11 is 6.02. The summed E-state index contributed by atoms with van der Waals surface area (Å²) in [7, 11) is -3.50. The van der Waals surface area contributed by atoms with Crippen LogP contribution in [0.3, 0.4) is 0 Å². The molecule has 0 aromatic heterocycles. The Hall–Kier alpha value is -1.31. The molecule has 1 aliphatic rings. The molecule has 0 atom stereocenters. The molecule has 0 bridgehead atoms. The average Bonchev–Trinajstić information content (AvgIpc) is 2.56. The first-order valence-electron chi connectivity index (χ1n) is 8.46. The summed E-state index contributed by atoms with van der Waals surface area (Å²) in [6, 6.07) is 5.13. The molecule has 1 fully saturated rings. The molecule has 0 unspecified atom stereocenters. The zero-order chi connectivity index (χ0) is 18.6. The molecule has 1 aromatic rings. The molecule has 2 rings (SSSR count). The summed E-state index contributed by atoms with van der Waals surface area (Å²) in [5.74, 6) is -0.0101. The van der Waals surface area contributed by atoms with Crippen LogP contribution in [0.1, 0.15) is 18.9 Å². The predicted octanol–water partition coefficient (Wildman–Crippen LogP) is 1.97. The minimum absolute atomic E-state index is 0.0101. The van der Waals surface area contributed by atoms with Crippen molar-refractivity contribution in [2.45, 2.75) is 20.3 Å². The van der Waals surface area contributed by atoms with Gasteiger partial charge in [-0.25, -0.2) is 8.42 Å². The minimum atomic E-state index is -3.50. The molecule has 1 aliphatic heterocycles. The SMILES string of the molecule is CCN1CCN(C(=O)CCN(c2cc(Cl)ccc2C)S(C)(=O)=O)CC1. The maximum absolute atomic E-state index is 12.5. The number of sulfonamides is 1. The third-order valence-corrected chi connectivity index (χ3v) is 5.96. The zero-order valence-electron chi connectivity index (χ0n) is 15.0. The Morgan fingerprint density at radius 1 is 1.24 bits per heavy atom. The second-order valence-electron chi connectivity index (χ2n) is 6.33. The first kappa shape index (κ1) is 20.0. The number of likely N-dealkylation sites (N-methyl/N-ethyl adjacent to an activating group) is 1. The van der Waals surface area contributed by atoms with Gasteiger partial charge in [-0.05, 0) is 31.2 Å². The predicted molar refractivity (Wildman–Crippen MR) is 102 cm³/mol. The number of hydrogen-bond donors (Lipinski definition) is 0. The quantitative estimate of drug-likeness (QED) is 0.748. The molecule has 0 N–H and O–H groups in total. The van der Waals surface area contributed by atoms with Crippen molar-refractivity contribution < 1.29 is 13.2 Å². The standard InChI is InChI=1S/C17H26ClN3O3S/c1-4-19-9-11-20(12-10-19)17(22)7-8-21(25(3,23)24)16-13-15(18)6-5-14(16)2/h5-6,13H,4,7-12H2,1-3H3. The number of carbonyl (C=O) groups excluding carboxylic acids is 1. The van der Waals surface area contributed by atoms with Gasteiger partial charge in [0.2, 0.25) is 15.9 Å². The van der Waals surface area contributed by atoms with Crippen molar-refractivity contribution in [3.05, 3.63) is 28.8 Å². The Balaban J connectivity index is 2.06. The van der Waals surface area contributed by atoms with Gasteiger partial charge in [0.05, 0.1) is 11.9 Å². The van der Waals surface area contributed by atoms with E-state index in [9.17, 15) is 13.2 Å². The van der Waals surface area contributed by atoms with E-state index in [-0.39, 0.29) is 18.9 Å². The smallest absolute Gasteiger partial charge is 0.232 e. The highest BCUT2D eigenvalue weighted by Crippen LogP contribution is 2.26. The van der Waals surface area contributed by atoms with Crippen LogP contribution in [-0.2, 0) is 14.8 Å². The first-order chi connectivity index (χ1) is 11.7. The Labute approximate surface area is 155 Å². The Morgan fingerprint density at radius 2 is 1.88 bits per heavy atom. The number of halogens is 1. The second-order valence-corrected chi connectivity index (χ2v) is 8.67. The summed E-state index contributed by atoms with van der Waals surface area (Å²) in [5.41, 5.74) is 1.33. The molecule has 1 aromatic carbocycles. The molecule has 1 amide bonds. The number of piperazine rings is 1. The number of carbonyl (C=O) groups is 1. The molecule has 1 heterocycles. The molecule has 0 aliphatic carbocycles. The highest BCUT2D eigenvalue weighted by atomic mass is 35.5. The molecule has 140 valence electrons. The monoisotopic (exact) mass is 387 g/mol. The van der Waals surface area contributed by atoms with Gasteiger partial charge in [-0.2, -0.15) is 0 Å². The van der Waals surface area contributed by atoms with Crippen LogP contribution in [0.25, 0.3) is 0 Å². The summed E-state index contributed by atoms with van der Waals surface area (Å²) in [6.45, 7) is 8.16. The van der Waals surface area contributed by atoms with Crippen LogP contribution in [0.2, 0.25) is 5.02 Å². The molecule has 0 spiro atoms. The molecule has 25 heavy (non-hydrogen) atoms.